The van der Waals surface area contributed by atoms with Crippen molar-refractivity contribution in [2.24, 2.45) is 0 Å². The predicted octanol–water partition coefficient (Wildman–Crippen LogP) is 4.88. The van der Waals surface area contributed by atoms with Crippen LogP contribution in [0.25, 0.3) is 10.8 Å². The second-order valence-electron chi connectivity index (χ2n) is 4.91. The van der Waals surface area contributed by atoms with Crippen LogP contribution in [0.5, 0.6) is 0 Å². The Bertz CT molecular complexity index is 714. The maximum atomic E-state index is 10.5. The number of fused-ring (bicyclic) bond motifs is 1. The van der Waals surface area contributed by atoms with E-state index < -0.39 is 6.10 Å². The minimum absolute atomic E-state index is 0.484. The zero-order valence-corrected chi connectivity index (χ0v) is 12.5. The van der Waals surface area contributed by atoms with Crippen LogP contribution in [-0.4, -0.2) is 5.11 Å². The van der Waals surface area contributed by atoms with Crippen molar-refractivity contribution >= 4 is 26.7 Å². The topological polar surface area (TPSA) is 20.2 Å². The van der Waals surface area contributed by atoms with Gasteiger partial charge in [0.1, 0.15) is 0 Å². The zero-order valence-electron chi connectivity index (χ0n) is 11.0. The summed E-state index contributed by atoms with van der Waals surface area (Å²) in [5, 5.41) is 12.8. The summed E-state index contributed by atoms with van der Waals surface area (Å²) in [7, 11) is 0. The summed E-state index contributed by atoms with van der Waals surface area (Å²) in [4.78, 5) is 0. The molecule has 2 heteroatoms. The van der Waals surface area contributed by atoms with E-state index in [1.54, 1.807) is 0 Å². The van der Waals surface area contributed by atoms with Crippen LogP contribution in [0, 0.1) is 0 Å². The van der Waals surface area contributed by atoms with Crippen molar-refractivity contribution in [2.75, 3.05) is 0 Å². The third-order valence-corrected chi connectivity index (χ3v) is 4.05. The minimum atomic E-state index is -0.484. The molecule has 1 unspecified atom stereocenters. The molecule has 20 heavy (non-hydrogen) atoms. The molecule has 0 aromatic heterocycles. The third kappa shape index (κ3) is 2.77. The minimum Gasteiger partial charge on any atom is -0.388 e. The maximum absolute atomic E-state index is 10.5. The van der Waals surface area contributed by atoms with Gasteiger partial charge in [0.05, 0.1) is 6.10 Å². The molecule has 0 saturated heterocycles. The van der Waals surface area contributed by atoms with Crippen molar-refractivity contribution in [3.8, 4) is 0 Å². The highest BCUT2D eigenvalue weighted by molar-refractivity contribution is 9.10. The van der Waals surface area contributed by atoms with Crippen LogP contribution in [-0.2, 0) is 6.42 Å². The van der Waals surface area contributed by atoms with Crippen LogP contribution in [0.15, 0.2) is 71.2 Å². The van der Waals surface area contributed by atoms with Crippen LogP contribution >= 0.6 is 15.9 Å². The highest BCUT2D eigenvalue weighted by Gasteiger charge is 2.11. The first-order valence-corrected chi connectivity index (χ1v) is 7.43. The smallest absolute Gasteiger partial charge is 0.0836 e. The van der Waals surface area contributed by atoms with E-state index in [1.165, 1.54) is 5.39 Å². The summed E-state index contributed by atoms with van der Waals surface area (Å²) in [6, 6.07) is 22.3. The van der Waals surface area contributed by atoms with E-state index in [4.69, 9.17) is 0 Å². The fourth-order valence-corrected chi connectivity index (χ4v) is 2.76. The molecule has 3 aromatic rings. The Morgan fingerprint density at radius 3 is 2.35 bits per heavy atom. The number of aliphatic hydroxyl groups is 1. The first-order valence-electron chi connectivity index (χ1n) is 6.64. The molecule has 0 amide bonds. The molecule has 0 aliphatic heterocycles. The van der Waals surface area contributed by atoms with Crippen LogP contribution in [0.2, 0.25) is 0 Å². The lowest BCUT2D eigenvalue weighted by Crippen LogP contribution is -2.02. The number of hydrogen-bond acceptors (Lipinski definition) is 1. The Kier molecular flexibility index (Phi) is 3.86. The molecular formula is C18H15BrO. The van der Waals surface area contributed by atoms with Gasteiger partial charge in [-0.3, -0.25) is 0 Å². The van der Waals surface area contributed by atoms with Gasteiger partial charge in [-0.15, -0.1) is 0 Å². The summed E-state index contributed by atoms with van der Waals surface area (Å²) in [6.45, 7) is 0. The molecular weight excluding hydrogens is 312 g/mol. The largest absolute Gasteiger partial charge is 0.388 e. The summed E-state index contributed by atoms with van der Waals surface area (Å²) in [6.07, 6.45) is 0.142. The van der Waals surface area contributed by atoms with E-state index in [2.05, 4.69) is 34.1 Å². The SMILES string of the molecule is OC(Cc1ccc(Br)cc1)c1cccc2ccccc12. The van der Waals surface area contributed by atoms with Crippen LogP contribution in [0.4, 0.5) is 0 Å². The number of hydrogen-bond donors (Lipinski definition) is 1. The molecule has 1 atom stereocenters. The summed E-state index contributed by atoms with van der Waals surface area (Å²) >= 11 is 3.43. The molecule has 0 bridgehead atoms. The van der Waals surface area contributed by atoms with Crippen molar-refractivity contribution in [2.45, 2.75) is 12.5 Å². The van der Waals surface area contributed by atoms with Gasteiger partial charge in [0.15, 0.2) is 0 Å². The van der Waals surface area contributed by atoms with Gasteiger partial charge in [0.2, 0.25) is 0 Å². The Balaban J connectivity index is 1.92. The summed E-state index contributed by atoms with van der Waals surface area (Å²) in [5.74, 6) is 0. The van der Waals surface area contributed by atoms with Gasteiger partial charge in [-0.1, -0.05) is 70.5 Å². The van der Waals surface area contributed by atoms with E-state index in [0.717, 1.165) is 21.0 Å². The first-order chi connectivity index (χ1) is 9.74. The number of rotatable bonds is 3. The fourth-order valence-electron chi connectivity index (χ4n) is 2.49. The van der Waals surface area contributed by atoms with E-state index in [0.29, 0.717) is 6.42 Å². The van der Waals surface area contributed by atoms with E-state index in [9.17, 15) is 5.11 Å². The van der Waals surface area contributed by atoms with Gasteiger partial charge in [-0.05, 0) is 34.0 Å². The molecule has 0 radical (unpaired) electrons. The molecule has 0 spiro atoms. The lowest BCUT2D eigenvalue weighted by atomic mass is 9.96. The maximum Gasteiger partial charge on any atom is 0.0836 e. The fraction of sp³-hybridized carbons (Fsp3) is 0.111. The Labute approximate surface area is 127 Å². The lowest BCUT2D eigenvalue weighted by Gasteiger charge is -2.14. The van der Waals surface area contributed by atoms with Crippen molar-refractivity contribution in [1.29, 1.82) is 0 Å². The van der Waals surface area contributed by atoms with E-state index >= 15 is 0 Å². The second kappa shape index (κ2) is 5.78. The molecule has 3 rings (SSSR count). The van der Waals surface area contributed by atoms with Gasteiger partial charge in [0.25, 0.3) is 0 Å². The van der Waals surface area contributed by atoms with Crippen molar-refractivity contribution in [1.82, 2.24) is 0 Å². The molecule has 1 nitrogen and oxygen atoms in total. The number of halogens is 1. The lowest BCUT2D eigenvalue weighted by molar-refractivity contribution is 0.180. The van der Waals surface area contributed by atoms with E-state index in [1.807, 2.05) is 48.5 Å². The normalized spacial score (nSPS) is 12.5. The quantitative estimate of drug-likeness (QED) is 0.727. The number of aliphatic hydroxyl groups excluding tert-OH is 1. The van der Waals surface area contributed by atoms with Crippen LogP contribution in [0.3, 0.4) is 0 Å². The summed E-state index contributed by atoms with van der Waals surface area (Å²) < 4.78 is 1.06. The second-order valence-corrected chi connectivity index (χ2v) is 5.83. The Morgan fingerprint density at radius 2 is 1.55 bits per heavy atom. The monoisotopic (exact) mass is 326 g/mol. The Hall–Kier alpha value is -1.64. The molecule has 100 valence electrons. The standard InChI is InChI=1S/C18H15BrO/c19-15-10-8-13(9-11-15)12-18(20)17-7-3-5-14-4-1-2-6-16(14)17/h1-11,18,20H,12H2. The zero-order chi connectivity index (χ0) is 13.9. The van der Waals surface area contributed by atoms with Crippen molar-refractivity contribution in [3.05, 3.63) is 82.3 Å². The van der Waals surface area contributed by atoms with Gasteiger partial charge >= 0.3 is 0 Å². The highest BCUT2D eigenvalue weighted by Crippen LogP contribution is 2.26. The third-order valence-electron chi connectivity index (χ3n) is 3.52. The van der Waals surface area contributed by atoms with Crippen LogP contribution < -0.4 is 0 Å². The average molecular weight is 327 g/mol. The Morgan fingerprint density at radius 1 is 0.850 bits per heavy atom. The summed E-state index contributed by atoms with van der Waals surface area (Å²) in [5.41, 5.74) is 2.12. The van der Waals surface area contributed by atoms with Gasteiger partial charge in [-0.25, -0.2) is 0 Å². The molecule has 0 saturated carbocycles. The average Bonchev–Trinajstić information content (AvgIpc) is 2.49. The van der Waals surface area contributed by atoms with Crippen LogP contribution in [0.1, 0.15) is 17.2 Å². The molecule has 0 heterocycles. The highest BCUT2D eigenvalue weighted by atomic mass is 79.9. The van der Waals surface area contributed by atoms with Gasteiger partial charge < -0.3 is 5.11 Å². The van der Waals surface area contributed by atoms with Crippen molar-refractivity contribution in [3.63, 3.8) is 0 Å². The molecule has 0 fully saturated rings. The predicted molar refractivity (Wildman–Crippen MR) is 86.8 cm³/mol. The first kappa shape index (κ1) is 13.3. The van der Waals surface area contributed by atoms with E-state index in [-0.39, 0.29) is 0 Å². The molecule has 0 aliphatic rings. The van der Waals surface area contributed by atoms with Gasteiger partial charge in [0, 0.05) is 10.9 Å². The molecule has 0 aliphatic carbocycles. The number of benzene rings is 3. The molecule has 3 aromatic carbocycles. The van der Waals surface area contributed by atoms with Gasteiger partial charge in [-0.2, -0.15) is 0 Å². The molecule has 1 N–H and O–H groups in total. The van der Waals surface area contributed by atoms with Crippen molar-refractivity contribution < 1.29 is 5.11 Å².